The third kappa shape index (κ3) is 3.77. The maximum atomic E-state index is 12.0. The van der Waals surface area contributed by atoms with Crippen molar-refractivity contribution >= 4 is 22.2 Å². The zero-order chi connectivity index (χ0) is 14.5. The molecule has 1 aliphatic rings. The molecule has 7 heteroatoms. The summed E-state index contributed by atoms with van der Waals surface area (Å²) in [5, 5.41) is 23.1. The number of morpholine rings is 1. The Hall–Kier alpha value is -1.46. The van der Waals surface area contributed by atoms with Crippen LogP contribution in [0.1, 0.15) is 12.5 Å². The van der Waals surface area contributed by atoms with Gasteiger partial charge in [-0.15, -0.1) is 11.3 Å². The highest BCUT2D eigenvalue weighted by molar-refractivity contribution is 7.14. The van der Waals surface area contributed by atoms with Gasteiger partial charge in [-0.25, -0.2) is 0 Å². The molecule has 0 spiro atoms. The van der Waals surface area contributed by atoms with Gasteiger partial charge in [0.2, 0.25) is 5.91 Å². The van der Waals surface area contributed by atoms with Crippen LogP contribution in [0.4, 0.5) is 5.00 Å². The molecule has 0 saturated carbocycles. The lowest BCUT2D eigenvalue weighted by Gasteiger charge is -2.35. The summed E-state index contributed by atoms with van der Waals surface area (Å²) >= 11 is 1.33. The molecule has 20 heavy (non-hydrogen) atoms. The maximum Gasteiger partial charge on any atom is 0.239 e. The minimum absolute atomic E-state index is 0.00916. The summed E-state index contributed by atoms with van der Waals surface area (Å²) in [5.74, 6) is -0.158. The van der Waals surface area contributed by atoms with E-state index in [-0.39, 0.29) is 31.3 Å². The molecule has 0 radical (unpaired) electrons. The maximum absolute atomic E-state index is 12.0. The van der Waals surface area contributed by atoms with Crippen LogP contribution < -0.4 is 5.32 Å². The number of carbonyl (C=O) groups excluding carboxylic acids is 1. The van der Waals surface area contributed by atoms with Crippen molar-refractivity contribution in [1.29, 1.82) is 5.26 Å². The van der Waals surface area contributed by atoms with Crippen molar-refractivity contribution < 1.29 is 14.6 Å². The number of aliphatic hydroxyl groups excluding tert-OH is 1. The average Bonchev–Trinajstić information content (AvgIpc) is 2.84. The number of carbonyl (C=O) groups is 1. The molecule has 6 nitrogen and oxygen atoms in total. The Morgan fingerprint density at radius 3 is 3.20 bits per heavy atom. The van der Waals surface area contributed by atoms with E-state index in [0.29, 0.717) is 23.7 Å². The SMILES string of the molecule is CC1CN(CC(=O)Nc2sccc2C#N)CC(CO)O1. The molecule has 2 atom stereocenters. The smallest absolute Gasteiger partial charge is 0.239 e. The average molecular weight is 295 g/mol. The van der Waals surface area contributed by atoms with Crippen molar-refractivity contribution in [2.24, 2.45) is 0 Å². The molecule has 1 amide bonds. The molecule has 1 saturated heterocycles. The topological polar surface area (TPSA) is 85.6 Å². The second kappa shape index (κ2) is 6.81. The third-order valence-corrected chi connectivity index (χ3v) is 3.84. The number of nitrogens with zero attached hydrogens (tertiary/aromatic N) is 2. The molecule has 1 aliphatic heterocycles. The largest absolute Gasteiger partial charge is 0.394 e. The molecule has 0 aliphatic carbocycles. The number of ether oxygens (including phenoxy) is 1. The van der Waals surface area contributed by atoms with Gasteiger partial charge in [-0.05, 0) is 18.4 Å². The molecule has 2 rings (SSSR count). The molecule has 0 bridgehead atoms. The Labute approximate surface area is 121 Å². The molecular weight excluding hydrogens is 278 g/mol. The first-order chi connectivity index (χ1) is 9.62. The predicted molar refractivity (Wildman–Crippen MR) is 75.5 cm³/mol. The summed E-state index contributed by atoms with van der Waals surface area (Å²) in [6.07, 6.45) is -0.256. The normalized spacial score (nSPS) is 23.2. The van der Waals surface area contributed by atoms with Gasteiger partial charge in [0.1, 0.15) is 11.1 Å². The second-order valence-corrected chi connectivity index (χ2v) is 5.68. The quantitative estimate of drug-likeness (QED) is 0.851. The number of thiophene rings is 1. The Kier molecular flexibility index (Phi) is 5.09. The van der Waals surface area contributed by atoms with Gasteiger partial charge in [0.05, 0.1) is 30.9 Å². The number of aliphatic hydroxyl groups is 1. The molecule has 1 fully saturated rings. The van der Waals surface area contributed by atoms with Crippen LogP contribution >= 0.6 is 11.3 Å². The van der Waals surface area contributed by atoms with Crippen molar-refractivity contribution in [3.63, 3.8) is 0 Å². The van der Waals surface area contributed by atoms with Crippen LogP contribution in [0.3, 0.4) is 0 Å². The Morgan fingerprint density at radius 2 is 2.50 bits per heavy atom. The lowest BCUT2D eigenvalue weighted by Crippen LogP contribution is -2.50. The van der Waals surface area contributed by atoms with Crippen LogP contribution in [0.25, 0.3) is 0 Å². The third-order valence-electron chi connectivity index (χ3n) is 3.01. The molecule has 1 aromatic rings. The predicted octanol–water partition coefficient (Wildman–Crippen LogP) is 0.640. The van der Waals surface area contributed by atoms with Crippen molar-refractivity contribution in [3.05, 3.63) is 17.0 Å². The van der Waals surface area contributed by atoms with Gasteiger partial charge in [-0.2, -0.15) is 5.26 Å². The van der Waals surface area contributed by atoms with Crippen LogP contribution in [-0.2, 0) is 9.53 Å². The molecule has 2 N–H and O–H groups in total. The summed E-state index contributed by atoms with van der Waals surface area (Å²) in [5.41, 5.74) is 0.479. The van der Waals surface area contributed by atoms with Crippen molar-refractivity contribution in [2.75, 3.05) is 31.6 Å². The number of hydrogen-bond acceptors (Lipinski definition) is 6. The van der Waals surface area contributed by atoms with Crippen molar-refractivity contribution in [1.82, 2.24) is 4.90 Å². The second-order valence-electron chi connectivity index (χ2n) is 4.77. The van der Waals surface area contributed by atoms with Gasteiger partial charge in [-0.3, -0.25) is 9.69 Å². The summed E-state index contributed by atoms with van der Waals surface area (Å²) in [7, 11) is 0. The van der Waals surface area contributed by atoms with Gasteiger partial charge in [-0.1, -0.05) is 0 Å². The zero-order valence-corrected chi connectivity index (χ0v) is 12.0. The van der Waals surface area contributed by atoms with Crippen molar-refractivity contribution in [3.8, 4) is 6.07 Å². The van der Waals surface area contributed by atoms with Crippen LogP contribution in [-0.4, -0.2) is 54.4 Å². The highest BCUT2D eigenvalue weighted by atomic mass is 32.1. The minimum atomic E-state index is -0.247. The minimum Gasteiger partial charge on any atom is -0.394 e. The summed E-state index contributed by atoms with van der Waals surface area (Å²) in [6, 6.07) is 3.72. The van der Waals surface area contributed by atoms with E-state index in [0.717, 1.165) is 0 Å². The van der Waals surface area contributed by atoms with Crippen molar-refractivity contribution in [2.45, 2.75) is 19.1 Å². The Balaban J connectivity index is 1.90. The van der Waals surface area contributed by atoms with E-state index in [2.05, 4.69) is 5.32 Å². The van der Waals surface area contributed by atoms with Gasteiger partial charge < -0.3 is 15.2 Å². The summed E-state index contributed by atoms with van der Waals surface area (Å²) in [6.45, 7) is 3.28. The van der Waals surface area contributed by atoms with E-state index in [1.54, 1.807) is 11.4 Å². The monoisotopic (exact) mass is 295 g/mol. The fourth-order valence-electron chi connectivity index (χ4n) is 2.23. The molecule has 2 unspecified atom stereocenters. The fraction of sp³-hybridized carbons (Fsp3) is 0.538. The van der Waals surface area contributed by atoms with Gasteiger partial charge in [0, 0.05) is 13.1 Å². The van der Waals surface area contributed by atoms with E-state index in [9.17, 15) is 4.79 Å². The van der Waals surface area contributed by atoms with E-state index in [1.807, 2.05) is 17.9 Å². The number of amides is 1. The number of hydrogen-bond donors (Lipinski definition) is 2. The fourth-order valence-corrected chi connectivity index (χ4v) is 2.99. The molecule has 0 aromatic carbocycles. The van der Waals surface area contributed by atoms with Crippen LogP contribution in [0.5, 0.6) is 0 Å². The zero-order valence-electron chi connectivity index (χ0n) is 11.2. The summed E-state index contributed by atoms with van der Waals surface area (Å²) < 4.78 is 5.53. The number of rotatable bonds is 4. The first-order valence-electron chi connectivity index (χ1n) is 6.38. The van der Waals surface area contributed by atoms with Crippen LogP contribution in [0.2, 0.25) is 0 Å². The number of nitrogens with one attached hydrogen (secondary N) is 1. The van der Waals surface area contributed by atoms with Crippen LogP contribution in [0.15, 0.2) is 11.4 Å². The van der Waals surface area contributed by atoms with Gasteiger partial charge >= 0.3 is 0 Å². The Bertz CT molecular complexity index is 511. The number of anilines is 1. The molecule has 108 valence electrons. The van der Waals surface area contributed by atoms with Gasteiger partial charge in [0.25, 0.3) is 0 Å². The highest BCUT2D eigenvalue weighted by Gasteiger charge is 2.26. The first-order valence-corrected chi connectivity index (χ1v) is 7.26. The van der Waals surface area contributed by atoms with E-state index in [4.69, 9.17) is 15.1 Å². The molecule has 2 heterocycles. The summed E-state index contributed by atoms with van der Waals surface area (Å²) in [4.78, 5) is 13.9. The van der Waals surface area contributed by atoms with Gasteiger partial charge in [0.15, 0.2) is 0 Å². The van der Waals surface area contributed by atoms with E-state index in [1.165, 1.54) is 11.3 Å². The van der Waals surface area contributed by atoms with Crippen LogP contribution in [0, 0.1) is 11.3 Å². The number of nitriles is 1. The van der Waals surface area contributed by atoms with E-state index < -0.39 is 0 Å². The standard InChI is InChI=1S/C13H17N3O3S/c1-9-5-16(6-11(8-17)19-9)7-12(18)15-13-10(4-14)2-3-20-13/h2-3,9,11,17H,5-8H2,1H3,(H,15,18). The highest BCUT2D eigenvalue weighted by Crippen LogP contribution is 2.22. The lowest BCUT2D eigenvalue weighted by atomic mass is 10.2. The molecule has 1 aromatic heterocycles. The lowest BCUT2D eigenvalue weighted by molar-refractivity contribution is -0.124. The first kappa shape index (κ1) is 14.9. The van der Waals surface area contributed by atoms with E-state index >= 15 is 0 Å². The Morgan fingerprint density at radius 1 is 1.70 bits per heavy atom. The molecular formula is C13H17N3O3S.